The van der Waals surface area contributed by atoms with Crippen molar-refractivity contribution >= 4 is 27.5 Å². The summed E-state index contributed by atoms with van der Waals surface area (Å²) in [5, 5.41) is 0. The van der Waals surface area contributed by atoms with Crippen molar-refractivity contribution in [3.8, 4) is 0 Å². The highest BCUT2D eigenvalue weighted by Crippen LogP contribution is 2.08. The fraction of sp³-hybridized carbons (Fsp3) is 0.167. The van der Waals surface area contributed by atoms with E-state index in [1.807, 2.05) is 18.5 Å². The summed E-state index contributed by atoms with van der Waals surface area (Å²) < 4.78 is 1.03. The number of alkyl halides is 1. The van der Waals surface area contributed by atoms with E-state index in [-0.39, 0.29) is 0 Å². The van der Waals surface area contributed by atoms with Crippen LogP contribution in [0.5, 0.6) is 0 Å². The molecule has 0 fully saturated rings. The highest BCUT2D eigenvalue weighted by molar-refractivity contribution is 9.10. The molecule has 48 valence electrons. The number of hydrogen-bond acceptors (Lipinski definition) is 0. The molecular weight excluding hydrogens is 201 g/mol. The second-order valence-electron chi connectivity index (χ2n) is 1.69. The third-order valence-corrected chi connectivity index (χ3v) is 1.73. The summed E-state index contributed by atoms with van der Waals surface area (Å²) in [6, 6.07) is 1.98. The molecule has 9 heavy (non-hydrogen) atoms. The molecule has 1 N–H and O–H groups in total. The Balaban J connectivity index is 2.94. The van der Waals surface area contributed by atoms with Gasteiger partial charge in [0.15, 0.2) is 12.4 Å². The zero-order valence-electron chi connectivity index (χ0n) is 4.70. The van der Waals surface area contributed by atoms with Crippen LogP contribution in [0.4, 0.5) is 0 Å². The lowest BCUT2D eigenvalue weighted by Crippen LogP contribution is -2.00. The molecule has 3 heteroatoms. The van der Waals surface area contributed by atoms with E-state index in [2.05, 4.69) is 20.9 Å². The molecule has 1 aromatic rings. The number of pyridine rings is 1. The lowest BCUT2D eigenvalue weighted by molar-refractivity contribution is -0.379. The summed E-state index contributed by atoms with van der Waals surface area (Å²) in [5.41, 5.74) is 1.09. The third-order valence-electron chi connectivity index (χ3n) is 0.968. The van der Waals surface area contributed by atoms with Crippen LogP contribution in [0.3, 0.4) is 0 Å². The van der Waals surface area contributed by atoms with Crippen molar-refractivity contribution in [2.24, 2.45) is 0 Å². The number of halogens is 2. The minimum Gasteiger partial charge on any atom is -0.217 e. The van der Waals surface area contributed by atoms with Crippen molar-refractivity contribution in [1.29, 1.82) is 0 Å². The molecule has 1 aromatic heterocycles. The molecule has 0 aliphatic heterocycles. The van der Waals surface area contributed by atoms with E-state index < -0.39 is 0 Å². The van der Waals surface area contributed by atoms with E-state index >= 15 is 0 Å². The monoisotopic (exact) mass is 206 g/mol. The zero-order valence-corrected chi connectivity index (χ0v) is 7.04. The molecule has 0 aliphatic carbocycles. The molecule has 0 atom stereocenters. The number of rotatable bonds is 1. The van der Waals surface area contributed by atoms with Gasteiger partial charge in [0.1, 0.15) is 0 Å². The highest BCUT2D eigenvalue weighted by Gasteiger charge is 1.94. The summed E-state index contributed by atoms with van der Waals surface area (Å²) in [6.07, 6.45) is 3.73. The maximum atomic E-state index is 5.56. The first kappa shape index (κ1) is 7.03. The highest BCUT2D eigenvalue weighted by atomic mass is 79.9. The topological polar surface area (TPSA) is 14.1 Å². The maximum Gasteiger partial charge on any atom is 0.181 e. The van der Waals surface area contributed by atoms with Gasteiger partial charge in [0.05, 0.1) is 10.4 Å². The molecule has 0 unspecified atom stereocenters. The van der Waals surface area contributed by atoms with Crippen molar-refractivity contribution in [3.63, 3.8) is 0 Å². The zero-order chi connectivity index (χ0) is 6.69. The lowest BCUT2D eigenvalue weighted by Gasteiger charge is -1.87. The van der Waals surface area contributed by atoms with Gasteiger partial charge < -0.3 is 0 Å². The Morgan fingerprint density at radius 3 is 2.78 bits per heavy atom. The Kier molecular flexibility index (Phi) is 2.49. The van der Waals surface area contributed by atoms with E-state index in [1.54, 1.807) is 0 Å². The fourth-order valence-corrected chi connectivity index (χ4v) is 1.15. The summed E-state index contributed by atoms with van der Waals surface area (Å²) >= 11 is 8.87. The second kappa shape index (κ2) is 3.18. The number of hydrogen-bond donors (Lipinski definition) is 0. The lowest BCUT2D eigenvalue weighted by atomic mass is 10.3. The van der Waals surface area contributed by atoms with Crippen LogP contribution in [0.25, 0.3) is 0 Å². The largest absolute Gasteiger partial charge is 0.217 e. The summed E-state index contributed by atoms with van der Waals surface area (Å²) in [6.45, 7) is 0. The molecular formula is C6H6BrClN+. The Morgan fingerprint density at radius 1 is 1.56 bits per heavy atom. The van der Waals surface area contributed by atoms with Gasteiger partial charge in [-0.25, -0.2) is 4.98 Å². The summed E-state index contributed by atoms with van der Waals surface area (Å²) in [5.74, 6) is 0.552. The van der Waals surface area contributed by atoms with Gasteiger partial charge in [-0.15, -0.1) is 11.6 Å². The van der Waals surface area contributed by atoms with Crippen LogP contribution in [-0.4, -0.2) is 0 Å². The van der Waals surface area contributed by atoms with E-state index in [4.69, 9.17) is 11.6 Å². The Morgan fingerprint density at radius 2 is 2.33 bits per heavy atom. The molecule has 0 aromatic carbocycles. The van der Waals surface area contributed by atoms with E-state index in [0.29, 0.717) is 5.88 Å². The van der Waals surface area contributed by atoms with Crippen molar-refractivity contribution in [2.75, 3.05) is 0 Å². The molecule has 0 saturated heterocycles. The standard InChI is InChI=1S/C6H5BrClN/c7-6-1-5(2-8)3-9-4-6/h1,3-4H,2H2/p+1. The minimum atomic E-state index is 0.552. The van der Waals surface area contributed by atoms with Crippen molar-refractivity contribution in [3.05, 3.63) is 28.5 Å². The number of aromatic nitrogens is 1. The Bertz CT molecular complexity index is 202. The van der Waals surface area contributed by atoms with Crippen molar-refractivity contribution in [2.45, 2.75) is 5.88 Å². The molecule has 0 amide bonds. The number of H-pyrrole nitrogens is 1. The van der Waals surface area contributed by atoms with Crippen LogP contribution in [-0.2, 0) is 5.88 Å². The van der Waals surface area contributed by atoms with Gasteiger partial charge in [0.2, 0.25) is 0 Å². The van der Waals surface area contributed by atoms with Crippen LogP contribution in [0.15, 0.2) is 22.9 Å². The van der Waals surface area contributed by atoms with Crippen LogP contribution in [0, 0.1) is 0 Å². The normalized spacial score (nSPS) is 9.56. The van der Waals surface area contributed by atoms with Gasteiger partial charge >= 0.3 is 0 Å². The first-order valence-electron chi connectivity index (χ1n) is 2.54. The van der Waals surface area contributed by atoms with Gasteiger partial charge in [-0.05, 0) is 22.0 Å². The fourth-order valence-electron chi connectivity index (χ4n) is 0.566. The summed E-state index contributed by atoms with van der Waals surface area (Å²) in [4.78, 5) is 2.95. The molecule has 0 bridgehead atoms. The van der Waals surface area contributed by atoms with Crippen molar-refractivity contribution in [1.82, 2.24) is 0 Å². The molecule has 0 radical (unpaired) electrons. The van der Waals surface area contributed by atoms with E-state index in [1.165, 1.54) is 0 Å². The van der Waals surface area contributed by atoms with Crippen molar-refractivity contribution < 1.29 is 4.98 Å². The average molecular weight is 207 g/mol. The average Bonchev–Trinajstić information content (AvgIpc) is 1.88. The van der Waals surface area contributed by atoms with Crippen LogP contribution in [0.1, 0.15) is 5.56 Å². The van der Waals surface area contributed by atoms with Crippen LogP contribution >= 0.6 is 27.5 Å². The Labute approximate surface area is 67.2 Å². The van der Waals surface area contributed by atoms with Gasteiger partial charge in [-0.2, -0.15) is 0 Å². The third kappa shape index (κ3) is 1.95. The molecule has 1 nitrogen and oxygen atoms in total. The first-order chi connectivity index (χ1) is 4.33. The van der Waals surface area contributed by atoms with Gasteiger partial charge in [0, 0.05) is 5.56 Å². The minimum absolute atomic E-state index is 0.552. The number of aromatic amines is 1. The number of nitrogens with one attached hydrogen (secondary N) is 1. The smallest absolute Gasteiger partial charge is 0.181 e. The van der Waals surface area contributed by atoms with Crippen LogP contribution < -0.4 is 4.98 Å². The quantitative estimate of drug-likeness (QED) is 0.626. The molecule has 1 rings (SSSR count). The van der Waals surface area contributed by atoms with Gasteiger partial charge in [0.25, 0.3) is 0 Å². The van der Waals surface area contributed by atoms with Crippen LogP contribution in [0.2, 0.25) is 0 Å². The Hall–Kier alpha value is -0.0800. The second-order valence-corrected chi connectivity index (χ2v) is 2.88. The van der Waals surface area contributed by atoms with E-state index in [9.17, 15) is 0 Å². The summed E-state index contributed by atoms with van der Waals surface area (Å²) in [7, 11) is 0. The van der Waals surface area contributed by atoms with Gasteiger partial charge in [-0.3, -0.25) is 0 Å². The molecule has 0 saturated carbocycles. The predicted molar refractivity (Wildman–Crippen MR) is 40.3 cm³/mol. The van der Waals surface area contributed by atoms with Gasteiger partial charge in [-0.1, -0.05) is 0 Å². The SMILES string of the molecule is ClCc1c[nH+]cc(Br)c1. The molecule has 0 aliphatic rings. The molecule has 1 heterocycles. The first-order valence-corrected chi connectivity index (χ1v) is 3.87. The van der Waals surface area contributed by atoms with E-state index in [0.717, 1.165) is 10.0 Å². The maximum absolute atomic E-state index is 5.56. The molecule has 0 spiro atoms. The predicted octanol–water partition coefficient (Wildman–Crippen LogP) is 2.00.